The van der Waals surface area contributed by atoms with Crippen LogP contribution >= 0.6 is 0 Å². The van der Waals surface area contributed by atoms with E-state index < -0.39 is 0 Å². The van der Waals surface area contributed by atoms with Gasteiger partial charge in [-0.2, -0.15) is 0 Å². The van der Waals surface area contributed by atoms with E-state index in [4.69, 9.17) is 4.42 Å². The minimum absolute atomic E-state index is 0.0192. The highest BCUT2D eigenvalue weighted by Crippen LogP contribution is 2.45. The molecule has 0 bridgehead atoms. The van der Waals surface area contributed by atoms with E-state index in [1.165, 1.54) is 21.9 Å². The number of nitrogens with zero attached hydrogens (tertiary/aromatic N) is 1. The Morgan fingerprint density at radius 1 is 0.857 bits per heavy atom. The summed E-state index contributed by atoms with van der Waals surface area (Å²) in [5, 5.41) is 4.88. The molecule has 0 saturated carbocycles. The Labute approximate surface area is 163 Å². The second kappa shape index (κ2) is 5.32. The van der Waals surface area contributed by atoms with Gasteiger partial charge in [0, 0.05) is 33.5 Å². The molecule has 2 heteroatoms. The van der Waals surface area contributed by atoms with E-state index in [1.54, 1.807) is 0 Å². The lowest BCUT2D eigenvalue weighted by atomic mass is 9.76. The Hall–Kier alpha value is -3.39. The molecule has 3 aromatic carbocycles. The van der Waals surface area contributed by atoms with Gasteiger partial charge in [0.25, 0.3) is 0 Å². The zero-order valence-electron chi connectivity index (χ0n) is 15.9. The number of hydrogen-bond acceptors (Lipinski definition) is 2. The van der Waals surface area contributed by atoms with Crippen LogP contribution in [0.25, 0.3) is 50.0 Å². The van der Waals surface area contributed by atoms with Crippen LogP contribution < -0.4 is 0 Å². The highest BCUT2D eigenvalue weighted by Gasteiger charge is 2.27. The molecule has 1 aliphatic carbocycles. The van der Waals surface area contributed by atoms with Crippen molar-refractivity contribution in [1.82, 2.24) is 4.98 Å². The number of para-hydroxylation sites is 1. The van der Waals surface area contributed by atoms with Crippen LogP contribution in [-0.4, -0.2) is 4.98 Å². The first-order valence-corrected chi connectivity index (χ1v) is 9.65. The summed E-state index contributed by atoms with van der Waals surface area (Å²) in [7, 11) is 0. The van der Waals surface area contributed by atoms with Crippen LogP contribution in [0, 0.1) is 0 Å². The van der Waals surface area contributed by atoms with Gasteiger partial charge in [0.2, 0.25) is 0 Å². The summed E-state index contributed by atoms with van der Waals surface area (Å²) in [6.45, 7) is 4.53. The van der Waals surface area contributed by atoms with Gasteiger partial charge in [-0.15, -0.1) is 0 Å². The molecule has 0 radical (unpaired) electrons. The molecule has 0 N–H and O–H groups in total. The maximum Gasteiger partial charge on any atom is 0.144 e. The molecule has 0 amide bonds. The van der Waals surface area contributed by atoms with Gasteiger partial charge < -0.3 is 4.42 Å². The Morgan fingerprint density at radius 3 is 2.61 bits per heavy atom. The molecule has 0 fully saturated rings. The van der Waals surface area contributed by atoms with Gasteiger partial charge in [-0.25, -0.2) is 0 Å². The standard InChI is InChI=1S/C26H19NO/c1-26(2)13-12-19-23-16(7-5-10-21(23)26)15-20-17-8-6-9-18(24(17)28-25(19)20)22-11-3-4-14-27-22/h3-15H,1-2H3. The second-order valence-electron chi connectivity index (χ2n) is 8.12. The van der Waals surface area contributed by atoms with Crippen molar-refractivity contribution in [2.45, 2.75) is 19.3 Å². The first-order chi connectivity index (χ1) is 13.6. The zero-order chi connectivity index (χ0) is 18.9. The number of pyridine rings is 1. The van der Waals surface area contributed by atoms with Crippen molar-refractivity contribution in [2.24, 2.45) is 0 Å². The minimum atomic E-state index is 0.0192. The molecule has 2 heterocycles. The number of furan rings is 1. The molecule has 1 aliphatic rings. The fourth-order valence-corrected chi connectivity index (χ4v) is 4.54. The molecule has 0 aliphatic heterocycles. The van der Waals surface area contributed by atoms with Gasteiger partial charge in [-0.3, -0.25) is 4.98 Å². The summed E-state index contributed by atoms with van der Waals surface area (Å²) in [6, 6.07) is 21.2. The number of hydrogen-bond donors (Lipinski definition) is 0. The SMILES string of the molecule is CC1(C)C=Cc2c3oc4c(-c5ccccn5)cccc4c3cc3cccc1c23. The molecule has 0 atom stereocenters. The average molecular weight is 361 g/mol. The first-order valence-electron chi connectivity index (χ1n) is 9.65. The van der Waals surface area contributed by atoms with Gasteiger partial charge in [-0.1, -0.05) is 62.4 Å². The second-order valence-corrected chi connectivity index (χ2v) is 8.12. The summed E-state index contributed by atoms with van der Waals surface area (Å²) in [5.74, 6) is 0. The van der Waals surface area contributed by atoms with Gasteiger partial charge in [0.1, 0.15) is 11.2 Å². The summed E-state index contributed by atoms with van der Waals surface area (Å²) in [4.78, 5) is 4.54. The van der Waals surface area contributed by atoms with E-state index in [0.29, 0.717) is 0 Å². The van der Waals surface area contributed by atoms with E-state index in [1.807, 2.05) is 24.4 Å². The Balaban J connectivity index is 1.79. The Bertz CT molecular complexity index is 1420. The molecule has 28 heavy (non-hydrogen) atoms. The fourth-order valence-electron chi connectivity index (χ4n) is 4.54. The van der Waals surface area contributed by atoms with Crippen LogP contribution in [-0.2, 0) is 5.41 Å². The first kappa shape index (κ1) is 15.6. The van der Waals surface area contributed by atoms with E-state index in [2.05, 4.69) is 73.4 Å². The van der Waals surface area contributed by atoms with Crippen molar-refractivity contribution < 1.29 is 4.42 Å². The van der Waals surface area contributed by atoms with Crippen LogP contribution in [0.4, 0.5) is 0 Å². The molecule has 2 aromatic heterocycles. The molecular formula is C26H19NO. The lowest BCUT2D eigenvalue weighted by molar-refractivity contribution is 0.663. The Kier molecular flexibility index (Phi) is 2.98. The summed E-state index contributed by atoms with van der Waals surface area (Å²) in [6.07, 6.45) is 6.35. The maximum atomic E-state index is 6.53. The molecule has 0 unspecified atom stereocenters. The average Bonchev–Trinajstić information content (AvgIpc) is 3.09. The van der Waals surface area contributed by atoms with Crippen LogP contribution in [0.1, 0.15) is 25.0 Å². The topological polar surface area (TPSA) is 26.0 Å². The van der Waals surface area contributed by atoms with Crippen LogP contribution in [0.5, 0.6) is 0 Å². The molecule has 2 nitrogen and oxygen atoms in total. The van der Waals surface area contributed by atoms with Crippen molar-refractivity contribution in [3.63, 3.8) is 0 Å². The van der Waals surface area contributed by atoms with Crippen molar-refractivity contribution in [3.8, 4) is 11.3 Å². The lowest BCUT2D eigenvalue weighted by Gasteiger charge is -2.27. The highest BCUT2D eigenvalue weighted by molar-refractivity contribution is 6.17. The molecule has 6 rings (SSSR count). The smallest absolute Gasteiger partial charge is 0.144 e. The van der Waals surface area contributed by atoms with Crippen molar-refractivity contribution in [2.75, 3.05) is 0 Å². The number of fused-ring (bicyclic) bond motifs is 4. The molecule has 5 aromatic rings. The minimum Gasteiger partial charge on any atom is -0.455 e. The maximum absolute atomic E-state index is 6.53. The van der Waals surface area contributed by atoms with Crippen molar-refractivity contribution in [1.29, 1.82) is 0 Å². The van der Waals surface area contributed by atoms with Crippen molar-refractivity contribution in [3.05, 3.63) is 84.1 Å². The summed E-state index contributed by atoms with van der Waals surface area (Å²) < 4.78 is 6.53. The third kappa shape index (κ3) is 2.00. The monoisotopic (exact) mass is 361 g/mol. The van der Waals surface area contributed by atoms with Gasteiger partial charge in [-0.05, 0) is 40.6 Å². The van der Waals surface area contributed by atoms with Crippen LogP contribution in [0.3, 0.4) is 0 Å². The van der Waals surface area contributed by atoms with Gasteiger partial charge >= 0.3 is 0 Å². The highest BCUT2D eigenvalue weighted by atomic mass is 16.3. The predicted molar refractivity (Wildman–Crippen MR) is 117 cm³/mol. The van der Waals surface area contributed by atoms with Gasteiger partial charge in [0.05, 0.1) is 5.69 Å². The Morgan fingerprint density at radius 2 is 1.75 bits per heavy atom. The van der Waals surface area contributed by atoms with Gasteiger partial charge in [0.15, 0.2) is 0 Å². The fraction of sp³-hybridized carbons (Fsp3) is 0.115. The predicted octanol–water partition coefficient (Wildman–Crippen LogP) is 7.11. The molecule has 0 spiro atoms. The van der Waals surface area contributed by atoms with E-state index in [9.17, 15) is 0 Å². The zero-order valence-corrected chi connectivity index (χ0v) is 15.9. The number of allylic oxidation sites excluding steroid dienone is 1. The molecule has 134 valence electrons. The van der Waals surface area contributed by atoms with E-state index in [0.717, 1.165) is 33.2 Å². The third-order valence-corrected chi connectivity index (χ3v) is 5.97. The largest absolute Gasteiger partial charge is 0.455 e. The summed E-state index contributed by atoms with van der Waals surface area (Å²) >= 11 is 0. The normalized spacial score (nSPS) is 14.9. The number of benzene rings is 3. The van der Waals surface area contributed by atoms with E-state index >= 15 is 0 Å². The number of aromatic nitrogens is 1. The van der Waals surface area contributed by atoms with E-state index in [-0.39, 0.29) is 5.41 Å². The molecule has 0 saturated heterocycles. The van der Waals surface area contributed by atoms with Crippen LogP contribution in [0.2, 0.25) is 0 Å². The van der Waals surface area contributed by atoms with Crippen LogP contribution in [0.15, 0.2) is 77.4 Å². The van der Waals surface area contributed by atoms with Crippen molar-refractivity contribution >= 4 is 38.8 Å². The summed E-state index contributed by atoms with van der Waals surface area (Å²) in [5.41, 5.74) is 6.40. The lowest BCUT2D eigenvalue weighted by Crippen LogP contribution is -2.16. The quantitative estimate of drug-likeness (QED) is 0.318. The molecular weight excluding hydrogens is 342 g/mol. The third-order valence-electron chi connectivity index (χ3n) is 5.97. The number of rotatable bonds is 1.